The molecule has 0 unspecified atom stereocenters. The highest BCUT2D eigenvalue weighted by Gasteiger charge is 2.30. The zero-order valence-electron chi connectivity index (χ0n) is 25.1. The lowest BCUT2D eigenvalue weighted by molar-refractivity contribution is -0.137. The predicted molar refractivity (Wildman–Crippen MR) is 172 cm³/mol. The van der Waals surface area contributed by atoms with E-state index in [0.717, 1.165) is 28.8 Å². The largest absolute Gasteiger partial charge is 0.416 e. The van der Waals surface area contributed by atoms with Crippen LogP contribution in [0.25, 0.3) is 22.3 Å². The molecule has 0 fully saturated rings. The van der Waals surface area contributed by atoms with Crippen molar-refractivity contribution in [3.8, 4) is 28.1 Å². The number of aryl methyl sites for hydroxylation is 2. The first-order chi connectivity index (χ1) is 22.1. The van der Waals surface area contributed by atoms with E-state index in [1.807, 2.05) is 31.2 Å². The Balaban J connectivity index is 1.25. The standard InChI is InChI=1S/C36H33F3N4O3/c1-24-7-11-26(12-8-24)27-13-9-25(10-14-27)22-41-35(45)46-33-21-30(23-43(33)20-4-19-40)42-34(44)32-6-3-2-5-31(32)28-15-17-29(18-16-28)36(37,38)39/h2-3,5-18,21,23H,4,19-20,22,40H2,1H3,(H,41,45)(H,42,44). The number of ether oxygens (including phenoxy) is 1. The van der Waals surface area contributed by atoms with Gasteiger partial charge in [0, 0.05) is 30.9 Å². The number of benzene rings is 4. The van der Waals surface area contributed by atoms with Crippen molar-refractivity contribution in [2.75, 3.05) is 11.9 Å². The fourth-order valence-corrected chi connectivity index (χ4v) is 4.91. The van der Waals surface area contributed by atoms with E-state index in [0.29, 0.717) is 36.3 Å². The number of alkyl halides is 3. The second-order valence-electron chi connectivity index (χ2n) is 10.8. The van der Waals surface area contributed by atoms with Gasteiger partial charge in [-0.2, -0.15) is 13.2 Å². The Labute approximate surface area is 264 Å². The molecular weight excluding hydrogens is 593 g/mol. The SMILES string of the molecule is Cc1ccc(-c2ccc(CNC(=O)Oc3cc(NC(=O)c4ccccc4-c4ccc(C(F)(F)F)cc4)cn3CCCN)cc2)cc1. The van der Waals surface area contributed by atoms with Gasteiger partial charge in [-0.25, -0.2) is 4.79 Å². The highest BCUT2D eigenvalue weighted by atomic mass is 19.4. The van der Waals surface area contributed by atoms with Crippen molar-refractivity contribution in [2.45, 2.75) is 32.6 Å². The molecule has 5 aromatic rings. The van der Waals surface area contributed by atoms with Crippen LogP contribution in [0.4, 0.5) is 23.7 Å². The van der Waals surface area contributed by atoms with Gasteiger partial charge in [0.1, 0.15) is 0 Å². The molecule has 5 rings (SSSR count). The Morgan fingerprint density at radius 2 is 1.48 bits per heavy atom. The van der Waals surface area contributed by atoms with Crippen LogP contribution >= 0.6 is 0 Å². The molecule has 4 aromatic carbocycles. The van der Waals surface area contributed by atoms with Gasteiger partial charge in [0.05, 0.1) is 11.3 Å². The Kier molecular flexibility index (Phi) is 9.88. The third-order valence-corrected chi connectivity index (χ3v) is 7.39. The molecule has 0 spiro atoms. The van der Waals surface area contributed by atoms with Gasteiger partial charge in [0.25, 0.3) is 5.91 Å². The molecule has 1 heterocycles. The fraction of sp³-hybridized carbons (Fsp3) is 0.167. The summed E-state index contributed by atoms with van der Waals surface area (Å²) in [5, 5.41) is 5.57. The van der Waals surface area contributed by atoms with Gasteiger partial charge in [-0.15, -0.1) is 0 Å². The molecule has 4 N–H and O–H groups in total. The molecular formula is C36H33F3N4O3. The van der Waals surface area contributed by atoms with E-state index in [1.165, 1.54) is 23.8 Å². The summed E-state index contributed by atoms with van der Waals surface area (Å²) in [6.07, 6.45) is -2.89. The highest BCUT2D eigenvalue weighted by Crippen LogP contribution is 2.32. The molecule has 46 heavy (non-hydrogen) atoms. The second-order valence-corrected chi connectivity index (χ2v) is 10.8. The number of nitrogens with two attached hydrogens (primary N) is 1. The number of rotatable bonds is 10. The van der Waals surface area contributed by atoms with E-state index in [-0.39, 0.29) is 18.0 Å². The molecule has 0 aliphatic rings. The normalized spacial score (nSPS) is 11.2. The van der Waals surface area contributed by atoms with Crippen molar-refractivity contribution in [1.29, 1.82) is 0 Å². The third-order valence-electron chi connectivity index (χ3n) is 7.39. The van der Waals surface area contributed by atoms with Crippen LogP contribution in [0, 0.1) is 6.92 Å². The summed E-state index contributed by atoms with van der Waals surface area (Å²) in [5.41, 5.74) is 10.8. The van der Waals surface area contributed by atoms with Crippen molar-refractivity contribution in [3.63, 3.8) is 0 Å². The monoisotopic (exact) mass is 626 g/mol. The summed E-state index contributed by atoms with van der Waals surface area (Å²) in [7, 11) is 0. The molecule has 0 aliphatic carbocycles. The maximum atomic E-state index is 13.3. The molecule has 0 saturated carbocycles. The number of amides is 2. The molecule has 7 nitrogen and oxygen atoms in total. The summed E-state index contributed by atoms with van der Waals surface area (Å²) in [6, 6.07) is 28.9. The van der Waals surface area contributed by atoms with Crippen LogP contribution in [-0.4, -0.2) is 23.1 Å². The van der Waals surface area contributed by atoms with Crippen LogP contribution in [-0.2, 0) is 19.3 Å². The van der Waals surface area contributed by atoms with Crippen molar-refractivity contribution < 1.29 is 27.5 Å². The second kappa shape index (κ2) is 14.2. The minimum absolute atomic E-state index is 0.215. The number of carbonyl (C=O) groups is 2. The van der Waals surface area contributed by atoms with E-state index in [4.69, 9.17) is 10.5 Å². The van der Waals surface area contributed by atoms with Crippen molar-refractivity contribution in [2.24, 2.45) is 5.73 Å². The lowest BCUT2D eigenvalue weighted by atomic mass is 9.98. The summed E-state index contributed by atoms with van der Waals surface area (Å²) in [5.74, 6) is -0.261. The summed E-state index contributed by atoms with van der Waals surface area (Å²) < 4.78 is 46.4. The topological polar surface area (TPSA) is 98.4 Å². The number of aromatic nitrogens is 1. The van der Waals surface area contributed by atoms with E-state index in [9.17, 15) is 22.8 Å². The molecule has 0 bridgehead atoms. The van der Waals surface area contributed by atoms with Gasteiger partial charge in [-0.1, -0.05) is 84.4 Å². The number of carbonyl (C=O) groups excluding carboxylic acids is 2. The Morgan fingerprint density at radius 3 is 2.13 bits per heavy atom. The lowest BCUT2D eigenvalue weighted by Gasteiger charge is -2.11. The van der Waals surface area contributed by atoms with Gasteiger partial charge < -0.3 is 25.7 Å². The smallest absolute Gasteiger partial charge is 0.393 e. The maximum absolute atomic E-state index is 13.3. The quantitative estimate of drug-likeness (QED) is 0.146. The number of hydrogen-bond donors (Lipinski definition) is 3. The summed E-state index contributed by atoms with van der Waals surface area (Å²) in [4.78, 5) is 26.1. The van der Waals surface area contributed by atoms with Crippen LogP contribution < -0.4 is 21.1 Å². The highest BCUT2D eigenvalue weighted by molar-refractivity contribution is 6.08. The minimum atomic E-state index is -4.46. The third kappa shape index (κ3) is 8.02. The van der Waals surface area contributed by atoms with Gasteiger partial charge in [0.15, 0.2) is 0 Å². The van der Waals surface area contributed by atoms with Crippen LogP contribution in [0.2, 0.25) is 0 Å². The molecule has 0 aliphatic heterocycles. The number of halogens is 3. The predicted octanol–water partition coefficient (Wildman–Crippen LogP) is 8.04. The van der Waals surface area contributed by atoms with Gasteiger partial charge in [0.2, 0.25) is 5.88 Å². The van der Waals surface area contributed by atoms with E-state index in [1.54, 1.807) is 35.0 Å². The summed E-state index contributed by atoms with van der Waals surface area (Å²) >= 11 is 0. The molecule has 0 saturated heterocycles. The summed E-state index contributed by atoms with van der Waals surface area (Å²) in [6.45, 7) is 3.14. The Hall–Kier alpha value is -5.35. The number of nitrogens with zero attached hydrogens (tertiary/aromatic N) is 1. The molecule has 0 radical (unpaired) electrons. The molecule has 2 amide bonds. The Bertz CT molecular complexity index is 1800. The first kappa shape index (κ1) is 32.1. The number of anilines is 1. The van der Waals surface area contributed by atoms with Crippen LogP contribution in [0.1, 0.15) is 33.5 Å². The average molecular weight is 627 g/mol. The number of nitrogens with one attached hydrogen (secondary N) is 2. The molecule has 1 aromatic heterocycles. The van der Waals surface area contributed by atoms with E-state index >= 15 is 0 Å². The van der Waals surface area contributed by atoms with E-state index in [2.05, 4.69) is 34.9 Å². The molecule has 236 valence electrons. The zero-order valence-corrected chi connectivity index (χ0v) is 25.1. The van der Waals surface area contributed by atoms with Crippen molar-refractivity contribution in [1.82, 2.24) is 9.88 Å². The molecule has 0 atom stereocenters. The number of hydrogen-bond acceptors (Lipinski definition) is 4. The molecule has 10 heteroatoms. The van der Waals surface area contributed by atoms with Gasteiger partial charge in [-0.05, 0) is 65.9 Å². The maximum Gasteiger partial charge on any atom is 0.416 e. The average Bonchev–Trinajstić information content (AvgIpc) is 3.43. The van der Waals surface area contributed by atoms with Crippen molar-refractivity contribution >= 4 is 17.7 Å². The van der Waals surface area contributed by atoms with Crippen molar-refractivity contribution in [3.05, 3.63) is 132 Å². The minimum Gasteiger partial charge on any atom is -0.393 e. The van der Waals surface area contributed by atoms with Crippen LogP contribution in [0.5, 0.6) is 5.88 Å². The zero-order chi connectivity index (χ0) is 32.7. The van der Waals surface area contributed by atoms with E-state index < -0.39 is 23.7 Å². The van der Waals surface area contributed by atoms with Gasteiger partial charge >= 0.3 is 12.3 Å². The van der Waals surface area contributed by atoms with Crippen LogP contribution in [0.3, 0.4) is 0 Å². The van der Waals surface area contributed by atoms with Gasteiger partial charge in [-0.3, -0.25) is 4.79 Å². The first-order valence-corrected chi connectivity index (χ1v) is 14.7. The van der Waals surface area contributed by atoms with Crippen LogP contribution in [0.15, 0.2) is 109 Å². The fourth-order valence-electron chi connectivity index (χ4n) is 4.91. The first-order valence-electron chi connectivity index (χ1n) is 14.7. The lowest BCUT2D eigenvalue weighted by Crippen LogP contribution is -2.27. The Morgan fingerprint density at radius 1 is 0.848 bits per heavy atom.